The minimum Gasteiger partial charge on any atom is -0.382 e. The molecule has 0 aliphatic carbocycles. The van der Waals surface area contributed by atoms with E-state index in [2.05, 4.69) is 25.7 Å². The maximum atomic E-state index is 5.44. The Balaban J connectivity index is 1.74. The van der Waals surface area contributed by atoms with Crippen LogP contribution in [0.15, 0.2) is 29.4 Å². The fourth-order valence-electron chi connectivity index (χ4n) is 2.54. The summed E-state index contributed by atoms with van der Waals surface area (Å²) >= 11 is 0. The van der Waals surface area contributed by atoms with Gasteiger partial charge in [0.25, 0.3) is 0 Å². The van der Waals surface area contributed by atoms with E-state index in [1.165, 1.54) is 0 Å². The Bertz CT molecular complexity index is 711. The topological polar surface area (TPSA) is 85.6 Å². The molecule has 0 unspecified atom stereocenters. The lowest BCUT2D eigenvalue weighted by Gasteiger charge is -2.12. The van der Waals surface area contributed by atoms with Crippen molar-refractivity contribution in [3.05, 3.63) is 41.3 Å². The van der Waals surface area contributed by atoms with Gasteiger partial charge in [0.2, 0.25) is 0 Å². The van der Waals surface area contributed by atoms with Crippen LogP contribution in [0, 0.1) is 13.8 Å². The summed E-state index contributed by atoms with van der Waals surface area (Å²) in [4.78, 5) is 8.74. The van der Waals surface area contributed by atoms with Crippen LogP contribution in [-0.4, -0.2) is 61.2 Å². The van der Waals surface area contributed by atoms with Gasteiger partial charge in [0.15, 0.2) is 11.8 Å². The van der Waals surface area contributed by atoms with E-state index in [1.54, 1.807) is 14.2 Å². The monoisotopic (exact) mass is 374 g/mol. The van der Waals surface area contributed by atoms with E-state index in [-0.39, 0.29) is 0 Å². The molecule has 8 nitrogen and oxygen atoms in total. The molecule has 0 aliphatic heterocycles. The van der Waals surface area contributed by atoms with Gasteiger partial charge in [0.05, 0.1) is 18.9 Å². The lowest BCUT2D eigenvalue weighted by Crippen LogP contribution is -2.37. The molecule has 148 valence electrons. The lowest BCUT2D eigenvalue weighted by molar-refractivity contribution is 0.0698. The average Bonchev–Trinajstić information content (AvgIpc) is 3.02. The Kier molecular flexibility index (Phi) is 8.73. The van der Waals surface area contributed by atoms with E-state index in [4.69, 9.17) is 9.47 Å². The van der Waals surface area contributed by atoms with Gasteiger partial charge in [-0.25, -0.2) is 9.67 Å². The van der Waals surface area contributed by atoms with Crippen molar-refractivity contribution in [2.75, 3.05) is 40.5 Å². The molecule has 8 heteroatoms. The van der Waals surface area contributed by atoms with Crippen LogP contribution in [0.3, 0.4) is 0 Å². The predicted octanol–water partition coefficient (Wildman–Crippen LogP) is 1.60. The van der Waals surface area contributed by atoms with Gasteiger partial charge in [-0.2, -0.15) is 5.10 Å². The first kappa shape index (κ1) is 20.9. The molecule has 0 aliphatic rings. The molecule has 0 atom stereocenters. The molecule has 27 heavy (non-hydrogen) atoms. The number of guanidine groups is 1. The normalized spacial score (nSPS) is 11.6. The molecule has 0 bridgehead atoms. The second kappa shape index (κ2) is 11.3. The van der Waals surface area contributed by atoms with Gasteiger partial charge in [0, 0.05) is 45.7 Å². The van der Waals surface area contributed by atoms with E-state index < -0.39 is 0 Å². The number of methoxy groups -OCH3 is 1. The van der Waals surface area contributed by atoms with Crippen LogP contribution in [0.25, 0.3) is 5.82 Å². The van der Waals surface area contributed by atoms with Crippen molar-refractivity contribution in [3.8, 4) is 5.82 Å². The highest BCUT2D eigenvalue weighted by Gasteiger charge is 2.05. The number of hydrogen-bond acceptors (Lipinski definition) is 5. The fourth-order valence-corrected chi connectivity index (χ4v) is 2.54. The van der Waals surface area contributed by atoms with Gasteiger partial charge in [-0.3, -0.25) is 4.99 Å². The third-order valence-corrected chi connectivity index (χ3v) is 3.91. The Labute approximate surface area is 161 Å². The Hall–Kier alpha value is -2.45. The van der Waals surface area contributed by atoms with Gasteiger partial charge >= 0.3 is 0 Å². The maximum Gasteiger partial charge on any atom is 0.191 e. The minimum absolute atomic E-state index is 0.628. The largest absolute Gasteiger partial charge is 0.382 e. The van der Waals surface area contributed by atoms with E-state index >= 15 is 0 Å². The number of hydrogen-bond donors (Lipinski definition) is 2. The molecule has 2 aromatic heterocycles. The minimum atomic E-state index is 0.628. The zero-order valence-corrected chi connectivity index (χ0v) is 16.7. The van der Waals surface area contributed by atoms with Crippen LogP contribution in [0.2, 0.25) is 0 Å². The number of pyridine rings is 1. The zero-order chi connectivity index (χ0) is 19.5. The van der Waals surface area contributed by atoms with Crippen molar-refractivity contribution in [2.45, 2.75) is 26.8 Å². The molecule has 2 aromatic rings. The summed E-state index contributed by atoms with van der Waals surface area (Å²) in [7, 11) is 3.43. The molecular formula is C19H30N6O2. The number of aryl methyl sites for hydroxylation is 2. The second-order valence-electron chi connectivity index (χ2n) is 6.17. The number of aliphatic imine (C=N–C) groups is 1. The summed E-state index contributed by atoms with van der Waals surface area (Å²) in [5.41, 5.74) is 3.13. The highest BCUT2D eigenvalue weighted by atomic mass is 16.5. The summed E-state index contributed by atoms with van der Waals surface area (Å²) < 4.78 is 12.2. The van der Waals surface area contributed by atoms with E-state index in [9.17, 15) is 0 Å². The second-order valence-corrected chi connectivity index (χ2v) is 6.17. The van der Waals surface area contributed by atoms with Crippen molar-refractivity contribution < 1.29 is 9.47 Å². The van der Waals surface area contributed by atoms with Crippen LogP contribution in [0.4, 0.5) is 0 Å². The number of nitrogens with zero attached hydrogens (tertiary/aromatic N) is 4. The Morgan fingerprint density at radius 3 is 2.67 bits per heavy atom. The van der Waals surface area contributed by atoms with Gasteiger partial charge in [-0.15, -0.1) is 0 Å². The van der Waals surface area contributed by atoms with E-state index in [1.807, 2.05) is 42.9 Å². The number of aromatic nitrogens is 3. The summed E-state index contributed by atoms with van der Waals surface area (Å²) in [6, 6.07) is 6.06. The third kappa shape index (κ3) is 6.99. The molecular weight excluding hydrogens is 344 g/mol. The third-order valence-electron chi connectivity index (χ3n) is 3.91. The molecule has 2 N–H and O–H groups in total. The van der Waals surface area contributed by atoms with E-state index in [0.717, 1.165) is 41.7 Å². The van der Waals surface area contributed by atoms with Crippen LogP contribution in [0.5, 0.6) is 0 Å². The summed E-state index contributed by atoms with van der Waals surface area (Å²) in [6.07, 6.45) is 2.76. The molecule has 0 amide bonds. The molecule has 0 saturated carbocycles. The smallest absolute Gasteiger partial charge is 0.191 e. The van der Waals surface area contributed by atoms with Gasteiger partial charge in [-0.1, -0.05) is 6.07 Å². The quantitative estimate of drug-likeness (QED) is 0.373. The number of nitrogens with one attached hydrogen (secondary N) is 2. The summed E-state index contributed by atoms with van der Waals surface area (Å²) in [5.74, 6) is 1.58. The highest BCUT2D eigenvalue weighted by molar-refractivity contribution is 5.79. The summed E-state index contributed by atoms with van der Waals surface area (Å²) in [6.45, 7) is 7.40. The van der Waals surface area contributed by atoms with Gasteiger partial charge in [-0.05, 0) is 38.0 Å². The molecule has 0 spiro atoms. The number of rotatable bonds is 10. The first-order chi connectivity index (χ1) is 13.1. The molecule has 0 aromatic carbocycles. The first-order valence-electron chi connectivity index (χ1n) is 9.14. The fraction of sp³-hybridized carbons (Fsp3) is 0.526. The van der Waals surface area contributed by atoms with Crippen molar-refractivity contribution in [1.82, 2.24) is 25.4 Å². The lowest BCUT2D eigenvalue weighted by atomic mass is 10.3. The van der Waals surface area contributed by atoms with E-state index in [0.29, 0.717) is 26.4 Å². The van der Waals surface area contributed by atoms with Crippen LogP contribution in [0.1, 0.15) is 23.4 Å². The highest BCUT2D eigenvalue weighted by Crippen LogP contribution is 2.10. The Morgan fingerprint density at radius 2 is 2.04 bits per heavy atom. The Morgan fingerprint density at radius 1 is 1.19 bits per heavy atom. The van der Waals surface area contributed by atoms with Crippen molar-refractivity contribution in [2.24, 2.45) is 4.99 Å². The average molecular weight is 374 g/mol. The standard InChI is InChI=1S/C19H30N6O2/c1-15-12-16(2)25(24-15)18-7-6-17(13-22-18)14-23-19(20-3)21-8-5-9-27-11-10-26-4/h6-7,12-13H,5,8-11,14H2,1-4H3,(H2,20,21,23). The molecule has 0 saturated heterocycles. The zero-order valence-electron chi connectivity index (χ0n) is 16.7. The predicted molar refractivity (Wildman–Crippen MR) is 106 cm³/mol. The van der Waals surface area contributed by atoms with Crippen molar-refractivity contribution in [3.63, 3.8) is 0 Å². The van der Waals surface area contributed by atoms with Crippen molar-refractivity contribution >= 4 is 5.96 Å². The van der Waals surface area contributed by atoms with Crippen LogP contribution in [-0.2, 0) is 16.0 Å². The molecule has 2 rings (SSSR count). The molecule has 0 radical (unpaired) electrons. The molecule has 0 fully saturated rings. The molecule has 2 heterocycles. The van der Waals surface area contributed by atoms with Crippen molar-refractivity contribution in [1.29, 1.82) is 0 Å². The van der Waals surface area contributed by atoms with Crippen LogP contribution >= 0.6 is 0 Å². The van der Waals surface area contributed by atoms with Gasteiger partial charge < -0.3 is 20.1 Å². The summed E-state index contributed by atoms with van der Waals surface area (Å²) in [5, 5.41) is 11.0. The maximum absolute atomic E-state index is 5.44. The SMILES string of the molecule is CN=C(NCCCOCCOC)NCc1ccc(-n2nc(C)cc2C)nc1. The number of ether oxygens (including phenoxy) is 2. The van der Waals surface area contributed by atoms with Crippen LogP contribution < -0.4 is 10.6 Å². The first-order valence-corrected chi connectivity index (χ1v) is 9.14. The van der Waals surface area contributed by atoms with Gasteiger partial charge in [0.1, 0.15) is 0 Å².